The van der Waals surface area contributed by atoms with E-state index in [1.807, 2.05) is 17.3 Å². The van der Waals surface area contributed by atoms with E-state index in [0.29, 0.717) is 6.04 Å². The van der Waals surface area contributed by atoms with Crippen LogP contribution in [0.25, 0.3) is 0 Å². The van der Waals surface area contributed by atoms with Crippen LogP contribution in [0, 0.1) is 0 Å². The second kappa shape index (κ2) is 7.25. The van der Waals surface area contributed by atoms with Gasteiger partial charge < -0.3 is 4.90 Å². The Balaban J connectivity index is 1.37. The number of benzene rings is 1. The number of hydrogen-bond acceptors (Lipinski definition) is 4. The van der Waals surface area contributed by atoms with Crippen molar-refractivity contribution >= 4 is 17.3 Å². The van der Waals surface area contributed by atoms with E-state index in [1.54, 1.807) is 0 Å². The average Bonchev–Trinajstić information content (AvgIpc) is 3.01. The molecule has 1 atom stereocenters. The molecule has 1 fully saturated rings. The fraction of sp³-hybridized carbons (Fsp3) is 0.562. The second-order valence-corrected chi connectivity index (χ2v) is 6.51. The maximum atomic E-state index is 4.49. The zero-order chi connectivity index (χ0) is 13.6. The molecular formula is C16H23N3S. The highest BCUT2D eigenvalue weighted by Crippen LogP contribution is 2.15. The number of piperazine rings is 1. The van der Waals surface area contributed by atoms with Crippen LogP contribution in [0.1, 0.15) is 12.0 Å². The van der Waals surface area contributed by atoms with Gasteiger partial charge in [-0.25, -0.2) is 0 Å². The van der Waals surface area contributed by atoms with Gasteiger partial charge in [0.05, 0.1) is 11.6 Å². The predicted molar refractivity (Wildman–Crippen MR) is 87.5 cm³/mol. The lowest BCUT2D eigenvalue weighted by molar-refractivity contribution is 0.125. The molecule has 0 bridgehead atoms. The summed E-state index contributed by atoms with van der Waals surface area (Å²) < 4.78 is 0. The SMILES string of the molecule is C1=N[C@@H](CCN2CCN(Cc3ccccc3)CC2)CS1. The van der Waals surface area contributed by atoms with Gasteiger partial charge in [0, 0.05) is 45.0 Å². The molecule has 0 radical (unpaired) electrons. The van der Waals surface area contributed by atoms with Crippen molar-refractivity contribution in [3.63, 3.8) is 0 Å². The first kappa shape index (κ1) is 14.1. The molecule has 4 heteroatoms. The van der Waals surface area contributed by atoms with Crippen LogP contribution in [0.3, 0.4) is 0 Å². The van der Waals surface area contributed by atoms with E-state index in [1.165, 1.54) is 50.5 Å². The topological polar surface area (TPSA) is 18.8 Å². The molecule has 2 aliphatic rings. The molecule has 3 nitrogen and oxygen atoms in total. The van der Waals surface area contributed by atoms with E-state index in [0.717, 1.165) is 6.54 Å². The number of thioether (sulfide) groups is 1. The first-order chi connectivity index (χ1) is 9.90. The van der Waals surface area contributed by atoms with Crippen LogP contribution >= 0.6 is 11.8 Å². The Hall–Kier alpha value is -0.840. The maximum Gasteiger partial charge on any atom is 0.0612 e. The van der Waals surface area contributed by atoms with E-state index in [4.69, 9.17) is 0 Å². The van der Waals surface area contributed by atoms with Gasteiger partial charge >= 0.3 is 0 Å². The van der Waals surface area contributed by atoms with Crippen molar-refractivity contribution in [3.05, 3.63) is 35.9 Å². The van der Waals surface area contributed by atoms with Crippen molar-refractivity contribution in [2.24, 2.45) is 4.99 Å². The van der Waals surface area contributed by atoms with Crippen molar-refractivity contribution in [1.82, 2.24) is 9.80 Å². The normalized spacial score (nSPS) is 24.3. The fourth-order valence-corrected chi connectivity index (χ4v) is 3.65. The minimum atomic E-state index is 0.572. The molecule has 0 aliphatic carbocycles. The third-order valence-corrected chi connectivity index (χ3v) is 4.98. The van der Waals surface area contributed by atoms with Gasteiger partial charge in [-0.3, -0.25) is 9.89 Å². The van der Waals surface area contributed by atoms with E-state index < -0.39 is 0 Å². The summed E-state index contributed by atoms with van der Waals surface area (Å²) in [7, 11) is 0. The fourth-order valence-electron chi connectivity index (χ4n) is 2.83. The lowest BCUT2D eigenvalue weighted by atomic mass is 10.2. The standard InChI is InChI=1S/C16H23N3S/c1-2-4-15(5-3-1)12-19-10-8-18(9-11-19)7-6-16-13-20-14-17-16/h1-5,14,16H,6-13H2/t16-/m0/s1. The van der Waals surface area contributed by atoms with Gasteiger partial charge in [0.25, 0.3) is 0 Å². The summed E-state index contributed by atoms with van der Waals surface area (Å²) >= 11 is 1.85. The summed E-state index contributed by atoms with van der Waals surface area (Å²) in [5.74, 6) is 1.19. The van der Waals surface area contributed by atoms with E-state index in [2.05, 4.69) is 45.1 Å². The summed E-state index contributed by atoms with van der Waals surface area (Å²) in [4.78, 5) is 9.65. The Bertz CT molecular complexity index is 427. The summed E-state index contributed by atoms with van der Waals surface area (Å²) in [6.07, 6.45) is 1.22. The summed E-state index contributed by atoms with van der Waals surface area (Å²) in [5, 5.41) is 0. The summed E-state index contributed by atoms with van der Waals surface area (Å²) in [5.41, 5.74) is 3.45. The Labute approximate surface area is 126 Å². The Morgan fingerprint density at radius 1 is 1.05 bits per heavy atom. The lowest BCUT2D eigenvalue weighted by Crippen LogP contribution is -2.46. The molecule has 1 aromatic carbocycles. The molecule has 20 heavy (non-hydrogen) atoms. The number of rotatable bonds is 5. The van der Waals surface area contributed by atoms with Gasteiger partial charge in [0.2, 0.25) is 0 Å². The van der Waals surface area contributed by atoms with E-state index in [-0.39, 0.29) is 0 Å². The van der Waals surface area contributed by atoms with Gasteiger partial charge in [-0.15, -0.1) is 11.8 Å². The minimum Gasteiger partial charge on any atom is -0.301 e. The highest BCUT2D eigenvalue weighted by molar-refractivity contribution is 8.12. The molecular weight excluding hydrogens is 266 g/mol. The summed E-state index contributed by atoms with van der Waals surface area (Å²) in [6.45, 7) is 7.10. The largest absolute Gasteiger partial charge is 0.301 e. The first-order valence-electron chi connectivity index (χ1n) is 7.52. The lowest BCUT2D eigenvalue weighted by Gasteiger charge is -2.35. The highest BCUT2D eigenvalue weighted by atomic mass is 32.2. The Morgan fingerprint density at radius 2 is 1.80 bits per heavy atom. The van der Waals surface area contributed by atoms with Crippen molar-refractivity contribution < 1.29 is 0 Å². The van der Waals surface area contributed by atoms with Crippen LogP contribution in [0.5, 0.6) is 0 Å². The number of hydrogen-bond donors (Lipinski definition) is 0. The zero-order valence-corrected chi connectivity index (χ0v) is 12.8. The third-order valence-electron chi connectivity index (χ3n) is 4.13. The van der Waals surface area contributed by atoms with Crippen LogP contribution in [-0.2, 0) is 6.54 Å². The maximum absolute atomic E-state index is 4.49. The summed E-state index contributed by atoms with van der Waals surface area (Å²) in [6, 6.07) is 11.4. The molecule has 1 aromatic rings. The smallest absolute Gasteiger partial charge is 0.0612 e. The van der Waals surface area contributed by atoms with Crippen molar-refractivity contribution in [3.8, 4) is 0 Å². The van der Waals surface area contributed by atoms with E-state index >= 15 is 0 Å². The molecule has 0 saturated carbocycles. The monoisotopic (exact) mass is 289 g/mol. The quantitative estimate of drug-likeness (QED) is 0.829. The molecule has 0 N–H and O–H groups in total. The molecule has 0 amide bonds. The Morgan fingerprint density at radius 3 is 2.50 bits per heavy atom. The highest BCUT2D eigenvalue weighted by Gasteiger charge is 2.18. The Kier molecular flexibility index (Phi) is 5.12. The van der Waals surface area contributed by atoms with Gasteiger partial charge in [-0.05, 0) is 12.0 Å². The molecule has 108 valence electrons. The van der Waals surface area contributed by atoms with Gasteiger partial charge in [0.1, 0.15) is 0 Å². The molecule has 2 aliphatic heterocycles. The molecule has 1 saturated heterocycles. The van der Waals surface area contributed by atoms with E-state index in [9.17, 15) is 0 Å². The molecule has 0 spiro atoms. The molecule has 3 rings (SSSR count). The van der Waals surface area contributed by atoms with Crippen LogP contribution in [0.4, 0.5) is 0 Å². The van der Waals surface area contributed by atoms with Crippen LogP contribution in [0.15, 0.2) is 35.3 Å². The second-order valence-electron chi connectivity index (χ2n) is 5.63. The van der Waals surface area contributed by atoms with Gasteiger partial charge in [-0.1, -0.05) is 30.3 Å². The average molecular weight is 289 g/mol. The zero-order valence-electron chi connectivity index (χ0n) is 11.9. The molecule has 2 heterocycles. The van der Waals surface area contributed by atoms with Crippen molar-refractivity contribution in [2.75, 3.05) is 38.5 Å². The molecule has 0 unspecified atom stereocenters. The van der Waals surface area contributed by atoms with Crippen LogP contribution in [-0.4, -0.2) is 59.9 Å². The van der Waals surface area contributed by atoms with Crippen LogP contribution in [0.2, 0.25) is 0 Å². The van der Waals surface area contributed by atoms with Gasteiger partial charge in [0.15, 0.2) is 0 Å². The number of nitrogens with zero attached hydrogens (tertiary/aromatic N) is 3. The van der Waals surface area contributed by atoms with Crippen molar-refractivity contribution in [1.29, 1.82) is 0 Å². The van der Waals surface area contributed by atoms with Crippen LogP contribution < -0.4 is 0 Å². The molecule has 0 aromatic heterocycles. The minimum absolute atomic E-state index is 0.572. The third kappa shape index (κ3) is 4.08. The number of aliphatic imine (C=N–C) groups is 1. The van der Waals surface area contributed by atoms with Gasteiger partial charge in [-0.2, -0.15) is 0 Å². The predicted octanol–water partition coefficient (Wildman–Crippen LogP) is 2.34. The van der Waals surface area contributed by atoms with Crippen molar-refractivity contribution in [2.45, 2.75) is 19.0 Å². The first-order valence-corrected chi connectivity index (χ1v) is 8.57.